The number of para-hydroxylation sites is 2. The van der Waals surface area contributed by atoms with Crippen LogP contribution in [0.4, 0.5) is 5.69 Å². The lowest BCUT2D eigenvalue weighted by molar-refractivity contribution is -0.116. The predicted molar refractivity (Wildman–Crippen MR) is 123 cm³/mol. The molecule has 6 rings (SSSR count). The SMILES string of the molecule is O=C(Nc1ccc(Oc2ccc3c(c2)OCO3)cc1)C1c2ccccc2Oc2ccccc21. The Balaban J connectivity index is 1.21. The van der Waals surface area contributed by atoms with Crippen LogP contribution in [0.3, 0.4) is 0 Å². The van der Waals surface area contributed by atoms with Crippen LogP contribution in [0.1, 0.15) is 17.0 Å². The second-order valence-corrected chi connectivity index (χ2v) is 7.74. The second kappa shape index (κ2) is 7.91. The average molecular weight is 437 g/mol. The lowest BCUT2D eigenvalue weighted by Crippen LogP contribution is -2.25. The summed E-state index contributed by atoms with van der Waals surface area (Å²) in [5.74, 6) is 3.47. The molecule has 0 aliphatic carbocycles. The van der Waals surface area contributed by atoms with E-state index >= 15 is 0 Å². The first kappa shape index (κ1) is 19.3. The zero-order chi connectivity index (χ0) is 22.2. The normalized spacial score (nSPS) is 13.5. The Kier molecular flexibility index (Phi) is 4.61. The first-order chi connectivity index (χ1) is 16.2. The maximum Gasteiger partial charge on any atom is 0.236 e. The van der Waals surface area contributed by atoms with E-state index in [1.54, 1.807) is 6.07 Å². The molecule has 0 aromatic heterocycles. The molecule has 0 atom stereocenters. The molecular weight excluding hydrogens is 418 g/mol. The van der Waals surface area contributed by atoms with E-state index in [1.807, 2.05) is 84.9 Å². The van der Waals surface area contributed by atoms with E-state index in [2.05, 4.69) is 5.32 Å². The van der Waals surface area contributed by atoms with Gasteiger partial charge in [-0.25, -0.2) is 0 Å². The maximum atomic E-state index is 13.4. The van der Waals surface area contributed by atoms with E-state index in [4.69, 9.17) is 18.9 Å². The molecule has 2 aliphatic heterocycles. The lowest BCUT2D eigenvalue weighted by Gasteiger charge is -2.27. The number of carbonyl (C=O) groups excluding carboxylic acids is 1. The molecule has 2 aliphatic rings. The van der Waals surface area contributed by atoms with Gasteiger partial charge in [0.05, 0.1) is 5.92 Å². The van der Waals surface area contributed by atoms with Gasteiger partial charge in [-0.1, -0.05) is 36.4 Å². The Morgan fingerprint density at radius 2 is 1.36 bits per heavy atom. The zero-order valence-electron chi connectivity index (χ0n) is 17.5. The molecule has 4 aromatic rings. The summed E-state index contributed by atoms with van der Waals surface area (Å²) < 4.78 is 22.6. The molecule has 0 saturated heterocycles. The van der Waals surface area contributed by atoms with Crippen LogP contribution in [0, 0.1) is 0 Å². The molecule has 162 valence electrons. The van der Waals surface area contributed by atoms with Crippen molar-refractivity contribution in [3.05, 3.63) is 102 Å². The molecule has 6 heteroatoms. The van der Waals surface area contributed by atoms with Crippen molar-refractivity contribution in [1.82, 2.24) is 0 Å². The van der Waals surface area contributed by atoms with Gasteiger partial charge in [0.1, 0.15) is 23.0 Å². The average Bonchev–Trinajstić information content (AvgIpc) is 3.31. The Morgan fingerprint density at radius 1 is 0.727 bits per heavy atom. The van der Waals surface area contributed by atoms with Crippen LogP contribution in [0.25, 0.3) is 0 Å². The zero-order valence-corrected chi connectivity index (χ0v) is 17.5. The van der Waals surface area contributed by atoms with Gasteiger partial charge in [-0.3, -0.25) is 4.79 Å². The molecule has 1 N–H and O–H groups in total. The van der Waals surface area contributed by atoms with Gasteiger partial charge >= 0.3 is 0 Å². The van der Waals surface area contributed by atoms with Crippen LogP contribution in [-0.4, -0.2) is 12.7 Å². The third kappa shape index (κ3) is 3.61. The summed E-state index contributed by atoms with van der Waals surface area (Å²) in [5, 5.41) is 3.03. The topological polar surface area (TPSA) is 66.0 Å². The maximum absolute atomic E-state index is 13.4. The minimum absolute atomic E-state index is 0.123. The largest absolute Gasteiger partial charge is 0.457 e. The van der Waals surface area contributed by atoms with Crippen molar-refractivity contribution in [3.63, 3.8) is 0 Å². The molecule has 6 nitrogen and oxygen atoms in total. The Morgan fingerprint density at radius 3 is 2.09 bits per heavy atom. The minimum atomic E-state index is -0.462. The number of amides is 1. The molecule has 0 radical (unpaired) electrons. The molecule has 0 fully saturated rings. The van der Waals surface area contributed by atoms with Crippen molar-refractivity contribution in [2.45, 2.75) is 5.92 Å². The molecular formula is C27H19NO5. The van der Waals surface area contributed by atoms with E-state index in [-0.39, 0.29) is 12.7 Å². The van der Waals surface area contributed by atoms with Gasteiger partial charge in [0, 0.05) is 22.9 Å². The summed E-state index contributed by atoms with van der Waals surface area (Å²) in [7, 11) is 0. The van der Waals surface area contributed by atoms with E-state index in [1.165, 1.54) is 0 Å². The Bertz CT molecular complexity index is 1300. The fraction of sp³-hybridized carbons (Fsp3) is 0.0741. The molecule has 1 amide bonds. The van der Waals surface area contributed by atoms with Gasteiger partial charge in [-0.05, 0) is 48.5 Å². The third-order valence-corrected chi connectivity index (χ3v) is 5.64. The fourth-order valence-electron chi connectivity index (χ4n) is 4.09. The number of ether oxygens (including phenoxy) is 4. The summed E-state index contributed by atoms with van der Waals surface area (Å²) in [6, 6.07) is 27.9. The molecule has 0 spiro atoms. The number of hydrogen-bond acceptors (Lipinski definition) is 5. The van der Waals surface area contributed by atoms with E-state index in [9.17, 15) is 4.79 Å². The van der Waals surface area contributed by atoms with Crippen LogP contribution in [0.2, 0.25) is 0 Å². The molecule has 0 unspecified atom stereocenters. The highest BCUT2D eigenvalue weighted by atomic mass is 16.7. The number of benzene rings is 4. The first-order valence-corrected chi connectivity index (χ1v) is 10.6. The number of carbonyl (C=O) groups is 1. The smallest absolute Gasteiger partial charge is 0.236 e. The van der Waals surface area contributed by atoms with Gasteiger partial charge < -0.3 is 24.3 Å². The summed E-state index contributed by atoms with van der Waals surface area (Å²) in [4.78, 5) is 13.4. The van der Waals surface area contributed by atoms with Crippen molar-refractivity contribution in [2.75, 3.05) is 12.1 Å². The highest BCUT2D eigenvalue weighted by molar-refractivity contribution is 5.99. The summed E-state index contributed by atoms with van der Waals surface area (Å²) in [6.45, 7) is 0.218. The molecule has 2 heterocycles. The second-order valence-electron chi connectivity index (χ2n) is 7.74. The quantitative estimate of drug-likeness (QED) is 0.419. The number of fused-ring (bicyclic) bond motifs is 3. The summed E-state index contributed by atoms with van der Waals surface area (Å²) >= 11 is 0. The molecule has 0 bridgehead atoms. The van der Waals surface area contributed by atoms with Gasteiger partial charge in [-0.2, -0.15) is 0 Å². The number of anilines is 1. The van der Waals surface area contributed by atoms with Gasteiger partial charge in [-0.15, -0.1) is 0 Å². The number of nitrogens with one attached hydrogen (secondary N) is 1. The van der Waals surface area contributed by atoms with Crippen molar-refractivity contribution in [3.8, 4) is 34.5 Å². The van der Waals surface area contributed by atoms with Crippen LogP contribution in [0.5, 0.6) is 34.5 Å². The van der Waals surface area contributed by atoms with E-state index in [0.717, 1.165) is 11.1 Å². The third-order valence-electron chi connectivity index (χ3n) is 5.64. The first-order valence-electron chi connectivity index (χ1n) is 10.6. The van der Waals surface area contributed by atoms with E-state index in [0.29, 0.717) is 40.2 Å². The number of hydrogen-bond donors (Lipinski definition) is 1. The predicted octanol–water partition coefficient (Wildman–Crippen LogP) is 6.08. The van der Waals surface area contributed by atoms with Crippen molar-refractivity contribution in [2.24, 2.45) is 0 Å². The van der Waals surface area contributed by atoms with Crippen LogP contribution in [0.15, 0.2) is 91.0 Å². The van der Waals surface area contributed by atoms with E-state index < -0.39 is 5.92 Å². The van der Waals surface area contributed by atoms with Crippen molar-refractivity contribution in [1.29, 1.82) is 0 Å². The standard InChI is InChI=1S/C27H19NO5/c29-27(26-20-5-1-3-7-22(20)33-23-8-4-2-6-21(23)26)28-17-9-11-18(12-10-17)32-19-13-14-24-25(15-19)31-16-30-24/h1-15,26H,16H2,(H,28,29). The highest BCUT2D eigenvalue weighted by Gasteiger charge is 2.32. The number of rotatable bonds is 4. The van der Waals surface area contributed by atoms with Crippen LogP contribution in [-0.2, 0) is 4.79 Å². The highest BCUT2D eigenvalue weighted by Crippen LogP contribution is 2.44. The van der Waals surface area contributed by atoms with Crippen molar-refractivity contribution >= 4 is 11.6 Å². The van der Waals surface area contributed by atoms with Gasteiger partial charge in [0.15, 0.2) is 11.5 Å². The van der Waals surface area contributed by atoms with Gasteiger partial charge in [0.2, 0.25) is 12.7 Å². The van der Waals surface area contributed by atoms with Crippen LogP contribution >= 0.6 is 0 Å². The molecule has 33 heavy (non-hydrogen) atoms. The molecule has 0 saturated carbocycles. The Hall–Kier alpha value is -4.45. The lowest BCUT2D eigenvalue weighted by atomic mass is 9.87. The Labute approximate surface area is 190 Å². The minimum Gasteiger partial charge on any atom is -0.457 e. The monoisotopic (exact) mass is 437 g/mol. The fourth-order valence-corrected chi connectivity index (χ4v) is 4.09. The summed E-state index contributed by atoms with van der Waals surface area (Å²) in [5.41, 5.74) is 2.37. The van der Waals surface area contributed by atoms with Gasteiger partial charge in [0.25, 0.3) is 0 Å². The van der Waals surface area contributed by atoms with Crippen molar-refractivity contribution < 1.29 is 23.7 Å². The van der Waals surface area contributed by atoms with Crippen LogP contribution < -0.4 is 24.3 Å². The molecule has 4 aromatic carbocycles. The summed E-state index contributed by atoms with van der Waals surface area (Å²) in [6.07, 6.45) is 0.